The Morgan fingerprint density at radius 2 is 0.506 bits per heavy atom. The Labute approximate surface area is 456 Å². The van der Waals surface area contributed by atoms with Gasteiger partial charge in [-0.05, 0) is 144 Å². The van der Waals surface area contributed by atoms with Gasteiger partial charge in [-0.3, -0.25) is 26.5 Å². The largest absolute Gasteiger partial charge is 0.521 e. The van der Waals surface area contributed by atoms with Crippen LogP contribution in [0.25, 0.3) is 123 Å². The summed E-state index contributed by atoms with van der Waals surface area (Å²) in [4.78, 5) is 27.9. The Balaban J connectivity index is 0.000000157. The number of aromatic nitrogens is 8. The molecule has 14 aromatic rings. The molecule has 0 saturated heterocycles. The minimum absolute atomic E-state index is 0. The Hall–Kier alpha value is -9.92. The first-order chi connectivity index (χ1) is 37.7. The number of fused-ring (bicyclic) bond motifs is 6. The quantitative estimate of drug-likeness (QED) is 0.111. The summed E-state index contributed by atoms with van der Waals surface area (Å²) in [6.45, 7) is 7.00. The zero-order valence-corrected chi connectivity index (χ0v) is 42.7. The van der Waals surface area contributed by atoms with E-state index in [1.807, 2.05) is 72.8 Å². The number of benzene rings is 6. The summed E-state index contributed by atoms with van der Waals surface area (Å²) in [5.74, 6) is 0. The van der Waals surface area contributed by atoms with E-state index in [1.54, 1.807) is 24.8 Å². The first-order valence-electron chi connectivity index (χ1n) is 25.0. The molecule has 8 aromatic heterocycles. The second-order valence-electron chi connectivity index (χ2n) is 17.9. The van der Waals surface area contributed by atoms with Crippen LogP contribution in [0.2, 0.25) is 0 Å². The Morgan fingerprint density at radius 3 is 0.753 bits per heavy atom. The van der Waals surface area contributed by atoms with Crippen LogP contribution in [0.1, 0.15) is 0 Å². The van der Waals surface area contributed by atoms with Crippen molar-refractivity contribution in [1.82, 2.24) is 39.0 Å². The van der Waals surface area contributed by atoms with Crippen molar-refractivity contribution in [1.29, 1.82) is 0 Å². The van der Waals surface area contributed by atoms with E-state index in [4.69, 9.17) is 9.97 Å². The van der Waals surface area contributed by atoms with Gasteiger partial charge in [-0.1, -0.05) is 121 Å². The fourth-order valence-electron chi connectivity index (χ4n) is 9.98. The number of hydrogen-bond donors (Lipinski definition) is 0. The third kappa shape index (κ3) is 9.84. The standard InChI is InChI=1S/2C33H22N4.C2H3.Fe/c2*1-3-13-32-26(9-1)27-10-2-4-14-33(27)37(32)25-17-15-23(16-18-25)24-21-30(28-11-5-7-19-34-28)36-31(22-24)29-12-6-8-20-35-29;1-2;/h2*1-22H;1H,2H2;/q;;-1;. The summed E-state index contributed by atoms with van der Waals surface area (Å²) in [5, 5.41) is 5.04. The zero-order chi connectivity index (χ0) is 51.2. The molecule has 0 bridgehead atoms. The fraction of sp³-hybridized carbons (Fsp3) is 0. The molecule has 0 unspecified atom stereocenters. The van der Waals surface area contributed by atoms with Gasteiger partial charge in [0.15, 0.2) is 0 Å². The van der Waals surface area contributed by atoms with Gasteiger partial charge in [0, 0.05) is 74.8 Å². The van der Waals surface area contributed by atoms with Gasteiger partial charge in [-0.15, -0.1) is 0 Å². The van der Waals surface area contributed by atoms with E-state index in [-0.39, 0.29) is 17.1 Å². The summed E-state index contributed by atoms with van der Waals surface area (Å²) in [6, 6.07) is 83.7. The molecule has 8 heterocycles. The molecule has 6 aromatic carbocycles. The maximum atomic E-state index is 4.90. The van der Waals surface area contributed by atoms with Crippen LogP contribution in [0.3, 0.4) is 0 Å². The summed E-state index contributed by atoms with van der Waals surface area (Å²) in [7, 11) is 0. The molecule has 368 valence electrons. The van der Waals surface area contributed by atoms with Gasteiger partial charge in [0.25, 0.3) is 0 Å². The van der Waals surface area contributed by atoms with E-state index >= 15 is 0 Å². The molecule has 0 amide bonds. The van der Waals surface area contributed by atoms with Crippen molar-refractivity contribution in [3.05, 3.63) is 281 Å². The van der Waals surface area contributed by atoms with Crippen molar-refractivity contribution >= 4 is 43.6 Å². The van der Waals surface area contributed by atoms with Crippen molar-refractivity contribution in [3.63, 3.8) is 0 Å². The smallest absolute Gasteiger partial charge is 0.0900 e. The molecule has 0 spiro atoms. The second kappa shape index (κ2) is 22.3. The van der Waals surface area contributed by atoms with Gasteiger partial charge in [0.2, 0.25) is 0 Å². The molecule has 0 radical (unpaired) electrons. The van der Waals surface area contributed by atoms with E-state index in [9.17, 15) is 0 Å². The molecule has 9 heteroatoms. The Bertz CT molecular complexity index is 3790. The van der Waals surface area contributed by atoms with Crippen LogP contribution >= 0.6 is 0 Å². The summed E-state index contributed by atoms with van der Waals surface area (Å²) in [5.41, 5.74) is 18.1. The van der Waals surface area contributed by atoms with Crippen LogP contribution in [-0.4, -0.2) is 39.0 Å². The molecule has 0 N–H and O–H groups in total. The average molecular weight is 1030 g/mol. The molecular weight excluding hydrogens is 985 g/mol. The predicted octanol–water partition coefficient (Wildman–Crippen LogP) is 16.5. The zero-order valence-electron chi connectivity index (χ0n) is 41.6. The van der Waals surface area contributed by atoms with E-state index < -0.39 is 0 Å². The van der Waals surface area contributed by atoms with Gasteiger partial charge in [-0.2, -0.15) is 0 Å². The van der Waals surface area contributed by atoms with Crippen LogP contribution in [0.4, 0.5) is 0 Å². The number of rotatable bonds is 8. The maximum absolute atomic E-state index is 4.90. The minimum Gasteiger partial charge on any atom is -0.521 e. The number of para-hydroxylation sites is 4. The first-order valence-corrected chi connectivity index (χ1v) is 25.0. The van der Waals surface area contributed by atoms with Gasteiger partial charge < -0.3 is 15.7 Å². The second-order valence-corrected chi connectivity index (χ2v) is 17.9. The molecule has 8 nitrogen and oxygen atoms in total. The molecule has 0 aliphatic rings. The van der Waals surface area contributed by atoms with Crippen LogP contribution < -0.4 is 0 Å². The average Bonchev–Trinajstić information content (AvgIpc) is 4.05. The maximum Gasteiger partial charge on any atom is 0.0900 e. The molecule has 77 heavy (non-hydrogen) atoms. The predicted molar refractivity (Wildman–Crippen MR) is 311 cm³/mol. The minimum atomic E-state index is 0. The van der Waals surface area contributed by atoms with Crippen LogP contribution in [0.15, 0.2) is 274 Å². The number of hydrogen-bond acceptors (Lipinski definition) is 6. The topological polar surface area (TPSA) is 87.2 Å². The Morgan fingerprint density at radius 1 is 0.260 bits per heavy atom. The normalized spacial score (nSPS) is 10.9. The molecule has 0 aliphatic heterocycles. The van der Waals surface area contributed by atoms with Crippen LogP contribution in [-0.2, 0) is 17.1 Å². The molecule has 0 saturated carbocycles. The van der Waals surface area contributed by atoms with Gasteiger partial charge in [-0.25, -0.2) is 9.97 Å². The summed E-state index contributed by atoms with van der Waals surface area (Å²) < 4.78 is 4.67. The molecule has 14 rings (SSSR count). The Kier molecular flexibility index (Phi) is 14.3. The summed E-state index contributed by atoms with van der Waals surface area (Å²) in [6.07, 6.45) is 7.19. The van der Waals surface area contributed by atoms with Gasteiger partial charge in [0.1, 0.15) is 0 Å². The van der Waals surface area contributed by atoms with E-state index in [1.165, 1.54) is 43.6 Å². The van der Waals surface area contributed by atoms with Crippen molar-refractivity contribution in [2.45, 2.75) is 0 Å². The van der Waals surface area contributed by atoms with E-state index in [0.29, 0.717) is 0 Å². The van der Waals surface area contributed by atoms with Crippen molar-refractivity contribution in [2.24, 2.45) is 0 Å². The van der Waals surface area contributed by atoms with Crippen LogP contribution in [0.5, 0.6) is 0 Å². The van der Waals surface area contributed by atoms with Crippen molar-refractivity contribution < 1.29 is 17.1 Å². The monoisotopic (exact) mass is 1030 g/mol. The number of nitrogens with zero attached hydrogens (tertiary/aromatic N) is 8. The molecule has 0 atom stereocenters. The van der Waals surface area contributed by atoms with E-state index in [2.05, 4.69) is 212 Å². The summed E-state index contributed by atoms with van der Waals surface area (Å²) >= 11 is 0. The number of pyridine rings is 6. The van der Waals surface area contributed by atoms with E-state index in [0.717, 1.165) is 79.2 Å². The molecular formula is C68H47FeN8-. The van der Waals surface area contributed by atoms with Crippen LogP contribution in [0, 0.1) is 6.58 Å². The molecule has 0 aliphatic carbocycles. The van der Waals surface area contributed by atoms with Crippen molar-refractivity contribution in [3.8, 4) is 79.2 Å². The van der Waals surface area contributed by atoms with Gasteiger partial charge >= 0.3 is 0 Å². The third-order valence-corrected chi connectivity index (χ3v) is 13.4. The fourth-order valence-corrected chi connectivity index (χ4v) is 9.98. The third-order valence-electron chi connectivity index (χ3n) is 13.4. The van der Waals surface area contributed by atoms with Gasteiger partial charge in [0.05, 0.1) is 67.6 Å². The van der Waals surface area contributed by atoms with Crippen molar-refractivity contribution in [2.75, 3.05) is 0 Å². The first kappa shape index (κ1) is 49.3. The SMILES string of the molecule is [CH-]=C.[Fe].c1ccc(-c2cc(-c3ccc(-n4c5ccccc5c5ccccc54)cc3)cc(-c3ccccn3)n2)nc1.c1ccc(-c2cc(-c3ccc(-n4c5ccccc5c5ccccc54)cc3)cc(-c3ccccn3)n2)nc1. The molecule has 0 fully saturated rings.